The number of anilines is 1. The van der Waals surface area contributed by atoms with E-state index in [-0.39, 0.29) is 0 Å². The summed E-state index contributed by atoms with van der Waals surface area (Å²) in [4.78, 5) is 22.9. The Morgan fingerprint density at radius 1 is 1.12 bits per heavy atom. The Hall–Kier alpha value is -2.60. The van der Waals surface area contributed by atoms with Crippen LogP contribution < -0.4 is 4.90 Å². The number of hydrogen-bond donors (Lipinski definition) is 0. The van der Waals surface area contributed by atoms with Crippen LogP contribution in [0.25, 0.3) is 16.5 Å². The maximum Gasteiger partial charge on any atom is 0.164 e. The first-order valence-corrected chi connectivity index (χ1v) is 8.20. The molecule has 6 nitrogen and oxygen atoms in total. The van der Waals surface area contributed by atoms with Crippen LogP contribution in [0.2, 0.25) is 0 Å². The summed E-state index contributed by atoms with van der Waals surface area (Å²) in [6.07, 6.45) is 5.41. The van der Waals surface area contributed by atoms with E-state index in [0.29, 0.717) is 31.2 Å². The second-order valence-corrected chi connectivity index (χ2v) is 5.88. The van der Waals surface area contributed by atoms with Gasteiger partial charge in [-0.1, -0.05) is 24.3 Å². The van der Waals surface area contributed by atoms with Crippen LogP contribution >= 0.6 is 0 Å². The maximum atomic E-state index is 11.2. The number of ether oxygens (including phenoxy) is 1. The molecule has 0 radical (unpaired) electrons. The number of para-hydroxylation sites is 1. The molecule has 0 bridgehead atoms. The average Bonchev–Trinajstić information content (AvgIpc) is 2.67. The molecule has 2 aliphatic rings. The standard InChI is InChI=1S/C18H18N4O2/c23-21-16-8-4-1-5-13(16)17-19-15-7-3-2-6-14(15)18(20-17)22-9-11-24-12-10-22/h1-3,5-7H,4,8-12H2. The molecule has 1 aliphatic heterocycles. The second kappa shape index (κ2) is 6.49. The number of benzene rings is 1. The van der Waals surface area contributed by atoms with Gasteiger partial charge in [-0.15, -0.1) is 4.91 Å². The molecule has 2 heterocycles. The summed E-state index contributed by atoms with van der Waals surface area (Å²) < 4.78 is 5.45. The summed E-state index contributed by atoms with van der Waals surface area (Å²) in [7, 11) is 0. The van der Waals surface area contributed by atoms with E-state index in [1.807, 2.05) is 36.4 Å². The summed E-state index contributed by atoms with van der Waals surface area (Å²) in [5, 5.41) is 4.21. The molecule has 0 atom stereocenters. The predicted molar refractivity (Wildman–Crippen MR) is 93.7 cm³/mol. The monoisotopic (exact) mass is 322 g/mol. The van der Waals surface area contributed by atoms with E-state index in [1.165, 1.54) is 0 Å². The lowest BCUT2D eigenvalue weighted by Crippen LogP contribution is -2.37. The number of rotatable bonds is 3. The van der Waals surface area contributed by atoms with Gasteiger partial charge in [0.2, 0.25) is 0 Å². The fraction of sp³-hybridized carbons (Fsp3) is 0.333. The van der Waals surface area contributed by atoms with Gasteiger partial charge < -0.3 is 9.64 Å². The lowest BCUT2D eigenvalue weighted by molar-refractivity contribution is 0.122. The third-order valence-electron chi connectivity index (χ3n) is 4.39. The third kappa shape index (κ3) is 2.69. The highest BCUT2D eigenvalue weighted by Crippen LogP contribution is 2.31. The molecule has 122 valence electrons. The first-order chi connectivity index (χ1) is 11.9. The van der Waals surface area contributed by atoms with E-state index >= 15 is 0 Å². The lowest BCUT2D eigenvalue weighted by atomic mass is 10.0. The van der Waals surface area contributed by atoms with Gasteiger partial charge in [0, 0.05) is 24.0 Å². The van der Waals surface area contributed by atoms with E-state index < -0.39 is 0 Å². The highest BCUT2D eigenvalue weighted by atomic mass is 16.5. The van der Waals surface area contributed by atoms with Crippen molar-refractivity contribution in [3.63, 3.8) is 0 Å². The molecule has 1 aliphatic carbocycles. The van der Waals surface area contributed by atoms with Gasteiger partial charge in [0.25, 0.3) is 0 Å². The number of allylic oxidation sites excluding steroid dienone is 4. The van der Waals surface area contributed by atoms with Crippen molar-refractivity contribution in [3.8, 4) is 0 Å². The van der Waals surface area contributed by atoms with E-state index in [1.54, 1.807) is 0 Å². The molecule has 2 aromatic rings. The molecule has 0 N–H and O–H groups in total. The van der Waals surface area contributed by atoms with Crippen LogP contribution in [0.15, 0.2) is 47.3 Å². The normalized spacial score (nSPS) is 18.2. The van der Waals surface area contributed by atoms with Crippen molar-refractivity contribution in [2.75, 3.05) is 31.2 Å². The largest absolute Gasteiger partial charge is 0.378 e. The maximum absolute atomic E-state index is 11.2. The molecule has 24 heavy (non-hydrogen) atoms. The minimum Gasteiger partial charge on any atom is -0.378 e. The Kier molecular flexibility index (Phi) is 4.04. The third-order valence-corrected chi connectivity index (χ3v) is 4.39. The van der Waals surface area contributed by atoms with Crippen LogP contribution in [0, 0.1) is 4.91 Å². The van der Waals surface area contributed by atoms with Crippen LogP contribution in [-0.4, -0.2) is 36.3 Å². The Bertz CT molecular complexity index is 838. The zero-order chi connectivity index (χ0) is 16.4. The summed E-state index contributed by atoms with van der Waals surface area (Å²) in [6, 6.07) is 7.97. The Morgan fingerprint density at radius 3 is 2.79 bits per heavy atom. The van der Waals surface area contributed by atoms with Crippen molar-refractivity contribution < 1.29 is 4.74 Å². The predicted octanol–water partition coefficient (Wildman–Crippen LogP) is 3.29. The molecule has 1 aromatic heterocycles. The first kappa shape index (κ1) is 15.0. The van der Waals surface area contributed by atoms with E-state index in [2.05, 4.69) is 15.1 Å². The van der Waals surface area contributed by atoms with Gasteiger partial charge in [0.15, 0.2) is 5.82 Å². The fourth-order valence-electron chi connectivity index (χ4n) is 3.15. The van der Waals surface area contributed by atoms with Crippen molar-refractivity contribution in [2.24, 2.45) is 5.18 Å². The Labute approximate surface area is 139 Å². The second-order valence-electron chi connectivity index (χ2n) is 5.88. The zero-order valence-electron chi connectivity index (χ0n) is 13.3. The van der Waals surface area contributed by atoms with Crippen LogP contribution in [0.3, 0.4) is 0 Å². The van der Waals surface area contributed by atoms with E-state index in [9.17, 15) is 4.91 Å². The molecule has 4 rings (SSSR count). The van der Waals surface area contributed by atoms with Gasteiger partial charge in [-0.3, -0.25) is 0 Å². The van der Waals surface area contributed by atoms with Gasteiger partial charge >= 0.3 is 0 Å². The molecule has 1 fully saturated rings. The topological polar surface area (TPSA) is 67.7 Å². The molecule has 0 spiro atoms. The molecular weight excluding hydrogens is 304 g/mol. The summed E-state index contributed by atoms with van der Waals surface area (Å²) in [6.45, 7) is 2.98. The molecule has 1 aromatic carbocycles. The zero-order valence-corrected chi connectivity index (χ0v) is 13.3. The molecule has 6 heteroatoms. The fourth-order valence-corrected chi connectivity index (χ4v) is 3.15. The van der Waals surface area contributed by atoms with Crippen LogP contribution in [0.1, 0.15) is 18.7 Å². The number of nitroso groups, excluding NO2 is 1. The minimum atomic E-state index is 0.528. The Balaban J connectivity index is 1.89. The highest BCUT2D eigenvalue weighted by Gasteiger charge is 2.20. The number of nitrogens with zero attached hydrogens (tertiary/aromatic N) is 4. The van der Waals surface area contributed by atoms with Gasteiger partial charge in [0.1, 0.15) is 5.82 Å². The summed E-state index contributed by atoms with van der Waals surface area (Å²) in [5.41, 5.74) is 2.14. The van der Waals surface area contributed by atoms with Gasteiger partial charge in [-0.25, -0.2) is 9.97 Å². The lowest BCUT2D eigenvalue weighted by Gasteiger charge is -2.29. The van der Waals surface area contributed by atoms with Gasteiger partial charge in [0.05, 0.1) is 24.4 Å². The summed E-state index contributed by atoms with van der Waals surface area (Å²) >= 11 is 0. The quantitative estimate of drug-likeness (QED) is 0.811. The van der Waals surface area contributed by atoms with E-state index in [4.69, 9.17) is 9.72 Å². The molecule has 0 amide bonds. The minimum absolute atomic E-state index is 0.528. The van der Waals surface area contributed by atoms with E-state index in [0.717, 1.165) is 41.8 Å². The summed E-state index contributed by atoms with van der Waals surface area (Å²) in [5.74, 6) is 1.47. The van der Waals surface area contributed by atoms with Crippen LogP contribution in [-0.2, 0) is 4.74 Å². The van der Waals surface area contributed by atoms with Crippen LogP contribution in [0.5, 0.6) is 0 Å². The van der Waals surface area contributed by atoms with Gasteiger partial charge in [-0.05, 0) is 30.2 Å². The van der Waals surface area contributed by atoms with Crippen molar-refractivity contribution in [3.05, 3.63) is 52.8 Å². The molecule has 1 saturated heterocycles. The number of fused-ring (bicyclic) bond motifs is 1. The van der Waals surface area contributed by atoms with Crippen LogP contribution in [0.4, 0.5) is 5.82 Å². The highest BCUT2D eigenvalue weighted by molar-refractivity contribution is 5.91. The van der Waals surface area contributed by atoms with Gasteiger partial charge in [-0.2, -0.15) is 0 Å². The SMILES string of the molecule is O=NC1=C(c2nc(N3CCOCC3)c3ccccc3n2)C=CCC1. The molecule has 0 saturated carbocycles. The number of morpholine rings is 1. The van der Waals surface area contributed by atoms with Crippen molar-refractivity contribution in [1.82, 2.24) is 9.97 Å². The first-order valence-electron chi connectivity index (χ1n) is 8.20. The smallest absolute Gasteiger partial charge is 0.164 e. The van der Waals surface area contributed by atoms with Crippen molar-refractivity contribution >= 4 is 22.3 Å². The van der Waals surface area contributed by atoms with Crippen molar-refractivity contribution in [1.29, 1.82) is 0 Å². The number of hydrogen-bond acceptors (Lipinski definition) is 6. The Morgan fingerprint density at radius 2 is 1.96 bits per heavy atom. The number of aromatic nitrogens is 2. The average molecular weight is 322 g/mol. The molecular formula is C18H18N4O2. The molecule has 0 unspecified atom stereocenters. The van der Waals surface area contributed by atoms with Crippen molar-refractivity contribution in [2.45, 2.75) is 12.8 Å².